The zero-order valence-corrected chi connectivity index (χ0v) is 43.4. The van der Waals surface area contributed by atoms with Crippen molar-refractivity contribution in [2.24, 2.45) is 0 Å². The molecule has 15 heteroatoms. The summed E-state index contributed by atoms with van der Waals surface area (Å²) in [5.74, 6) is -0.971. The Hall–Kier alpha value is -3.58. The molecule has 15 nitrogen and oxygen atoms in total. The second-order valence-corrected chi connectivity index (χ2v) is 18.4. The highest BCUT2D eigenvalue weighted by Gasteiger charge is 2.47. The highest BCUT2D eigenvalue weighted by Crippen LogP contribution is 2.26. The van der Waals surface area contributed by atoms with Crippen LogP contribution in [0.2, 0.25) is 0 Å². The van der Waals surface area contributed by atoms with Crippen molar-refractivity contribution in [2.75, 3.05) is 26.4 Å². The van der Waals surface area contributed by atoms with E-state index in [0.29, 0.717) is 12.8 Å². The molecule has 7 N–H and O–H groups in total. The van der Waals surface area contributed by atoms with E-state index in [9.17, 15) is 45.3 Å². The van der Waals surface area contributed by atoms with Crippen LogP contribution in [0.5, 0.6) is 0 Å². The lowest BCUT2D eigenvalue weighted by atomic mass is 9.98. The molecule has 11 atom stereocenters. The van der Waals surface area contributed by atoms with Crippen molar-refractivity contribution in [3.05, 3.63) is 97.2 Å². The molecule has 2 aliphatic rings. The molecule has 0 aromatic rings. The molecule has 0 saturated carbocycles. The first kappa shape index (κ1) is 64.5. The van der Waals surface area contributed by atoms with Crippen molar-refractivity contribution in [2.45, 2.75) is 223 Å². The number of rotatable bonds is 40. The average molecular weight is 1020 g/mol. The van der Waals surface area contributed by atoms with E-state index in [2.05, 4.69) is 86.8 Å². The number of aliphatic hydroxyl groups is 7. The lowest BCUT2D eigenvalue weighted by Gasteiger charge is -2.42. The Kier molecular flexibility index (Phi) is 38.3. The van der Waals surface area contributed by atoms with E-state index in [-0.39, 0.29) is 19.4 Å². The summed E-state index contributed by atoms with van der Waals surface area (Å²) in [7, 11) is 0. The van der Waals surface area contributed by atoms with Crippen molar-refractivity contribution < 1.29 is 73.8 Å². The van der Waals surface area contributed by atoms with E-state index in [0.717, 1.165) is 116 Å². The van der Waals surface area contributed by atoms with E-state index >= 15 is 0 Å². The molecule has 410 valence electrons. The summed E-state index contributed by atoms with van der Waals surface area (Å²) in [6.45, 7) is 2.29. The monoisotopic (exact) mass is 1020 g/mol. The van der Waals surface area contributed by atoms with Gasteiger partial charge in [0.1, 0.15) is 55.4 Å². The quantitative estimate of drug-likeness (QED) is 0.0133. The van der Waals surface area contributed by atoms with Gasteiger partial charge >= 0.3 is 11.9 Å². The summed E-state index contributed by atoms with van der Waals surface area (Å²) < 4.78 is 33.6. The van der Waals surface area contributed by atoms with E-state index in [4.69, 9.17) is 28.4 Å². The summed E-state index contributed by atoms with van der Waals surface area (Å²) in [6, 6.07) is 0. The number of carbonyl (C=O) groups is 2. The molecular formula is C57H92O15. The Morgan fingerprint density at radius 1 is 0.458 bits per heavy atom. The molecule has 0 bridgehead atoms. The minimum atomic E-state index is -1.78. The van der Waals surface area contributed by atoms with Crippen LogP contribution in [0.1, 0.15) is 155 Å². The molecule has 0 aliphatic carbocycles. The van der Waals surface area contributed by atoms with Crippen LogP contribution in [-0.4, -0.2) is 142 Å². The molecule has 5 unspecified atom stereocenters. The lowest BCUT2D eigenvalue weighted by molar-refractivity contribution is -0.332. The Morgan fingerprint density at radius 2 is 0.903 bits per heavy atom. The summed E-state index contributed by atoms with van der Waals surface area (Å²) in [5, 5.41) is 72.1. The number of ether oxygens (including phenoxy) is 6. The second-order valence-electron chi connectivity index (χ2n) is 18.4. The van der Waals surface area contributed by atoms with Crippen LogP contribution in [0.25, 0.3) is 0 Å². The molecule has 0 radical (unpaired) electrons. The predicted molar refractivity (Wildman–Crippen MR) is 279 cm³/mol. The van der Waals surface area contributed by atoms with Crippen LogP contribution in [-0.2, 0) is 38.0 Å². The predicted octanol–water partition coefficient (Wildman–Crippen LogP) is 8.15. The fourth-order valence-electron chi connectivity index (χ4n) is 7.77. The standard InChI is InChI=1S/C57H92O15/c1-3-5-7-9-11-13-15-17-18-19-20-21-22-23-24-25-26-28-29-31-33-35-37-39-48(59)67-42-45(70-49(60)40-38-36-34-32-30-27-16-14-12-10-8-6-4-2)43-68-56-55(66)53(64)51(62)47(72-56)44-69-57-54(65)52(63)50(61)46(41-58)71-57/h5-8,10-14,16-18,20-21,23-24,45-47,50-58,61-66H,3-4,9,15,19,22,25-44H2,1-2H3/b7-5+,8-6+,12-10+,13-11+,16-14+,18-17+,21-20+,24-23+/t45?,46-,47-,50+,51+,52?,53?,54?,55?,56-,57-/m1/s1. The highest BCUT2D eigenvalue weighted by atomic mass is 16.7. The fraction of sp³-hybridized carbons (Fsp3) is 0.684. The third-order valence-electron chi connectivity index (χ3n) is 12.1. The van der Waals surface area contributed by atoms with Crippen molar-refractivity contribution in [1.29, 1.82) is 0 Å². The van der Waals surface area contributed by atoms with Crippen LogP contribution in [0.3, 0.4) is 0 Å². The number of allylic oxidation sites excluding steroid dienone is 16. The van der Waals surface area contributed by atoms with Crippen molar-refractivity contribution >= 4 is 11.9 Å². The average Bonchev–Trinajstić information content (AvgIpc) is 3.37. The minimum Gasteiger partial charge on any atom is -0.462 e. The van der Waals surface area contributed by atoms with Gasteiger partial charge in [-0.25, -0.2) is 0 Å². The van der Waals surface area contributed by atoms with Crippen molar-refractivity contribution in [1.82, 2.24) is 0 Å². The van der Waals surface area contributed by atoms with Gasteiger partial charge in [-0.1, -0.05) is 162 Å². The minimum absolute atomic E-state index is 0.134. The normalized spacial score (nSPS) is 25.8. The van der Waals surface area contributed by atoms with Crippen LogP contribution < -0.4 is 0 Å². The van der Waals surface area contributed by atoms with Crippen LogP contribution >= 0.6 is 0 Å². The zero-order valence-electron chi connectivity index (χ0n) is 43.4. The number of carbonyl (C=O) groups excluding carboxylic acids is 2. The van der Waals surface area contributed by atoms with Gasteiger partial charge in [-0.3, -0.25) is 9.59 Å². The summed E-state index contributed by atoms with van der Waals surface area (Å²) in [6.07, 6.45) is 37.2. The zero-order chi connectivity index (χ0) is 52.4. The van der Waals surface area contributed by atoms with Gasteiger partial charge in [0, 0.05) is 12.8 Å². The first-order valence-corrected chi connectivity index (χ1v) is 26.9. The fourth-order valence-corrected chi connectivity index (χ4v) is 7.77. The van der Waals surface area contributed by atoms with Gasteiger partial charge in [-0.05, 0) is 77.0 Å². The molecule has 0 aromatic carbocycles. The number of hydrogen-bond donors (Lipinski definition) is 7. The summed E-state index contributed by atoms with van der Waals surface area (Å²) in [4.78, 5) is 25.8. The maximum absolute atomic E-state index is 13.0. The molecule has 0 spiro atoms. The molecular weight excluding hydrogens is 925 g/mol. The van der Waals surface area contributed by atoms with E-state index in [1.54, 1.807) is 0 Å². The summed E-state index contributed by atoms with van der Waals surface area (Å²) >= 11 is 0. The summed E-state index contributed by atoms with van der Waals surface area (Å²) in [5.41, 5.74) is 0. The first-order valence-electron chi connectivity index (χ1n) is 26.9. The Balaban J connectivity index is 1.77. The molecule has 2 fully saturated rings. The maximum atomic E-state index is 13.0. The van der Waals surface area contributed by atoms with Crippen LogP contribution in [0.15, 0.2) is 97.2 Å². The largest absolute Gasteiger partial charge is 0.462 e. The number of hydrogen-bond acceptors (Lipinski definition) is 15. The molecule has 2 aliphatic heterocycles. The molecule has 72 heavy (non-hydrogen) atoms. The molecule has 2 heterocycles. The van der Waals surface area contributed by atoms with Crippen molar-refractivity contribution in [3.63, 3.8) is 0 Å². The number of esters is 2. The third kappa shape index (κ3) is 30.0. The van der Waals surface area contributed by atoms with E-state index in [1.165, 1.54) is 0 Å². The van der Waals surface area contributed by atoms with Gasteiger partial charge in [0.05, 0.1) is 19.8 Å². The highest BCUT2D eigenvalue weighted by molar-refractivity contribution is 5.70. The van der Waals surface area contributed by atoms with Gasteiger partial charge < -0.3 is 64.2 Å². The van der Waals surface area contributed by atoms with Gasteiger partial charge in [0.25, 0.3) is 0 Å². The van der Waals surface area contributed by atoms with Gasteiger partial charge in [-0.15, -0.1) is 0 Å². The number of unbranched alkanes of at least 4 members (excludes halogenated alkanes) is 12. The Bertz CT molecular complexity index is 1620. The maximum Gasteiger partial charge on any atom is 0.306 e. The van der Waals surface area contributed by atoms with Gasteiger partial charge in [0.2, 0.25) is 0 Å². The molecule has 2 saturated heterocycles. The number of aliphatic hydroxyl groups excluding tert-OH is 7. The second kappa shape index (κ2) is 42.7. The Labute approximate surface area is 430 Å². The smallest absolute Gasteiger partial charge is 0.306 e. The third-order valence-corrected chi connectivity index (χ3v) is 12.1. The van der Waals surface area contributed by atoms with Crippen molar-refractivity contribution in [3.8, 4) is 0 Å². The van der Waals surface area contributed by atoms with E-state index in [1.807, 2.05) is 24.3 Å². The Morgan fingerprint density at radius 3 is 1.46 bits per heavy atom. The topological polar surface area (TPSA) is 231 Å². The van der Waals surface area contributed by atoms with Gasteiger partial charge in [-0.2, -0.15) is 0 Å². The van der Waals surface area contributed by atoms with Crippen LogP contribution in [0, 0.1) is 0 Å². The molecule has 0 aromatic heterocycles. The van der Waals surface area contributed by atoms with Crippen LogP contribution in [0.4, 0.5) is 0 Å². The molecule has 2 rings (SSSR count). The first-order chi connectivity index (χ1) is 35.0. The van der Waals surface area contributed by atoms with Gasteiger partial charge in [0.15, 0.2) is 18.7 Å². The lowest BCUT2D eigenvalue weighted by Crippen LogP contribution is -2.61. The molecule has 0 amide bonds. The van der Waals surface area contributed by atoms with E-state index < -0.39 is 99.3 Å². The SMILES string of the molecule is CC/C=C/C=C/C=C/CCCCCCCC(=O)OC(COC(=O)CCCCCCCCC/C=C/C/C=C/C/C=C/C/C=C/C/C=C/CC)CO[C@@H]1O[C@H](CO[C@@H]2O[C@H](CO)[C@H](O)C(O)C2O)[C@H](O)C(O)C1O.